The van der Waals surface area contributed by atoms with Crippen LogP contribution in [0.5, 0.6) is 5.88 Å². The Morgan fingerprint density at radius 2 is 2.27 bits per heavy atom. The van der Waals surface area contributed by atoms with Crippen LogP contribution in [0.2, 0.25) is 0 Å². The molecule has 15 heavy (non-hydrogen) atoms. The molecule has 0 saturated carbocycles. The second-order valence-corrected chi connectivity index (χ2v) is 3.24. The summed E-state index contributed by atoms with van der Waals surface area (Å²) in [5, 5.41) is 2.68. The molecule has 0 aliphatic carbocycles. The van der Waals surface area contributed by atoms with Gasteiger partial charge >= 0.3 is 0 Å². The summed E-state index contributed by atoms with van der Waals surface area (Å²) in [7, 11) is 1.52. The van der Waals surface area contributed by atoms with Gasteiger partial charge in [-0.3, -0.25) is 4.79 Å². The summed E-state index contributed by atoms with van der Waals surface area (Å²) in [5.74, 6) is 0.809. The van der Waals surface area contributed by atoms with E-state index in [0.717, 1.165) is 6.42 Å². The molecule has 0 aliphatic rings. The van der Waals surface area contributed by atoms with E-state index in [2.05, 4.69) is 15.3 Å². The van der Waals surface area contributed by atoms with Gasteiger partial charge in [-0.2, -0.15) is 0 Å². The van der Waals surface area contributed by atoms with Crippen LogP contribution in [0.4, 0.5) is 5.82 Å². The van der Waals surface area contributed by atoms with Crippen LogP contribution in [0.3, 0.4) is 0 Å². The van der Waals surface area contributed by atoms with Crippen LogP contribution in [0.1, 0.15) is 20.3 Å². The molecule has 1 heterocycles. The van der Waals surface area contributed by atoms with Crippen molar-refractivity contribution in [2.75, 3.05) is 12.4 Å². The molecule has 1 aromatic rings. The Labute approximate surface area is 88.9 Å². The number of carbonyl (C=O) groups is 1. The number of ether oxygens (including phenoxy) is 1. The molecule has 0 spiro atoms. The number of hydrogen-bond acceptors (Lipinski definition) is 4. The Balaban J connectivity index is 2.61. The summed E-state index contributed by atoms with van der Waals surface area (Å²) in [4.78, 5) is 19.4. The van der Waals surface area contributed by atoms with Gasteiger partial charge in [0.25, 0.3) is 0 Å². The number of nitrogens with one attached hydrogen (secondary N) is 1. The number of methoxy groups -OCH3 is 1. The van der Waals surface area contributed by atoms with E-state index in [0.29, 0.717) is 11.7 Å². The van der Waals surface area contributed by atoms with Crippen LogP contribution in [0, 0.1) is 5.92 Å². The second kappa shape index (κ2) is 5.29. The molecule has 0 radical (unpaired) electrons. The standard InChI is InChI=1S/C10H15N3O2/c1-4-7(2)10(14)13-8-5-12-9(15-3)6-11-8/h5-7H,4H2,1-3H3,(H,11,13,14). The molecule has 1 amide bonds. The van der Waals surface area contributed by atoms with Crippen molar-refractivity contribution < 1.29 is 9.53 Å². The quantitative estimate of drug-likeness (QED) is 0.815. The SMILES string of the molecule is CCC(C)C(=O)Nc1cnc(OC)cn1. The molecular weight excluding hydrogens is 194 g/mol. The maximum atomic E-state index is 11.5. The Bertz CT molecular complexity index is 324. The van der Waals surface area contributed by atoms with Gasteiger partial charge in [0.05, 0.1) is 19.5 Å². The van der Waals surface area contributed by atoms with E-state index in [-0.39, 0.29) is 11.8 Å². The van der Waals surface area contributed by atoms with Gasteiger partial charge in [-0.05, 0) is 6.42 Å². The first-order chi connectivity index (χ1) is 7.17. The minimum atomic E-state index is -0.0445. The van der Waals surface area contributed by atoms with Crippen molar-refractivity contribution in [3.05, 3.63) is 12.4 Å². The predicted octanol–water partition coefficient (Wildman–Crippen LogP) is 1.47. The first kappa shape index (κ1) is 11.4. The lowest BCUT2D eigenvalue weighted by molar-refractivity contribution is -0.119. The van der Waals surface area contributed by atoms with Gasteiger partial charge in [0.2, 0.25) is 11.8 Å². The maximum absolute atomic E-state index is 11.5. The number of amides is 1. The fourth-order valence-electron chi connectivity index (χ4n) is 0.921. The van der Waals surface area contributed by atoms with E-state index in [1.807, 2.05) is 13.8 Å². The maximum Gasteiger partial charge on any atom is 0.232 e. The fraction of sp³-hybridized carbons (Fsp3) is 0.500. The van der Waals surface area contributed by atoms with Gasteiger partial charge in [-0.15, -0.1) is 0 Å². The Morgan fingerprint density at radius 3 is 2.73 bits per heavy atom. The zero-order valence-corrected chi connectivity index (χ0v) is 9.15. The van der Waals surface area contributed by atoms with E-state index < -0.39 is 0 Å². The Kier molecular flexibility index (Phi) is 4.03. The second-order valence-electron chi connectivity index (χ2n) is 3.24. The van der Waals surface area contributed by atoms with Gasteiger partial charge < -0.3 is 10.1 Å². The molecule has 0 fully saturated rings. The first-order valence-corrected chi connectivity index (χ1v) is 4.84. The third-order valence-corrected chi connectivity index (χ3v) is 2.15. The number of nitrogens with zero attached hydrogens (tertiary/aromatic N) is 2. The molecule has 1 unspecified atom stereocenters. The van der Waals surface area contributed by atoms with Crippen LogP contribution in [-0.2, 0) is 4.79 Å². The van der Waals surface area contributed by atoms with E-state index >= 15 is 0 Å². The summed E-state index contributed by atoms with van der Waals surface area (Å²) in [6.07, 6.45) is 3.74. The van der Waals surface area contributed by atoms with Crippen LogP contribution in [-0.4, -0.2) is 23.0 Å². The molecule has 0 bridgehead atoms. The predicted molar refractivity (Wildman–Crippen MR) is 56.7 cm³/mol. The highest BCUT2D eigenvalue weighted by atomic mass is 16.5. The van der Waals surface area contributed by atoms with Gasteiger partial charge in [-0.1, -0.05) is 13.8 Å². The molecule has 0 aromatic carbocycles. The van der Waals surface area contributed by atoms with Crippen LogP contribution >= 0.6 is 0 Å². The average molecular weight is 209 g/mol. The lowest BCUT2D eigenvalue weighted by atomic mass is 10.1. The molecule has 1 rings (SSSR count). The summed E-state index contributed by atoms with van der Waals surface area (Å²) in [6.45, 7) is 3.83. The molecule has 0 aliphatic heterocycles. The third kappa shape index (κ3) is 3.19. The molecule has 1 aromatic heterocycles. The number of hydrogen-bond donors (Lipinski definition) is 1. The van der Waals surface area contributed by atoms with Crippen molar-refractivity contribution in [3.63, 3.8) is 0 Å². The van der Waals surface area contributed by atoms with Crippen molar-refractivity contribution in [1.82, 2.24) is 9.97 Å². The van der Waals surface area contributed by atoms with E-state index in [1.54, 1.807) is 0 Å². The van der Waals surface area contributed by atoms with Crippen LogP contribution in [0.25, 0.3) is 0 Å². The summed E-state index contributed by atoms with van der Waals surface area (Å²) in [6, 6.07) is 0. The topological polar surface area (TPSA) is 64.1 Å². The van der Waals surface area contributed by atoms with Gasteiger partial charge in [0, 0.05) is 5.92 Å². The summed E-state index contributed by atoms with van der Waals surface area (Å²) in [5.41, 5.74) is 0. The minimum absolute atomic E-state index is 0.0195. The number of aromatic nitrogens is 2. The highest BCUT2D eigenvalue weighted by Gasteiger charge is 2.10. The van der Waals surface area contributed by atoms with E-state index in [9.17, 15) is 4.79 Å². The zero-order valence-electron chi connectivity index (χ0n) is 9.15. The number of carbonyl (C=O) groups excluding carboxylic acids is 1. The van der Waals surface area contributed by atoms with E-state index in [1.165, 1.54) is 19.5 Å². The molecule has 0 saturated heterocycles. The van der Waals surface area contributed by atoms with E-state index in [4.69, 9.17) is 4.74 Å². The normalized spacial score (nSPS) is 11.9. The minimum Gasteiger partial charge on any atom is -0.480 e. The average Bonchev–Trinajstić information content (AvgIpc) is 2.29. The smallest absolute Gasteiger partial charge is 0.232 e. The molecular formula is C10H15N3O2. The highest BCUT2D eigenvalue weighted by Crippen LogP contribution is 2.09. The van der Waals surface area contributed by atoms with Crippen molar-refractivity contribution in [2.24, 2.45) is 5.92 Å². The molecule has 82 valence electrons. The third-order valence-electron chi connectivity index (χ3n) is 2.15. The lowest BCUT2D eigenvalue weighted by Gasteiger charge is -2.08. The van der Waals surface area contributed by atoms with Crippen molar-refractivity contribution in [1.29, 1.82) is 0 Å². The van der Waals surface area contributed by atoms with Crippen LogP contribution in [0.15, 0.2) is 12.4 Å². The summed E-state index contributed by atoms with van der Waals surface area (Å²) < 4.78 is 4.86. The fourth-order valence-corrected chi connectivity index (χ4v) is 0.921. The number of rotatable bonds is 4. The zero-order chi connectivity index (χ0) is 11.3. The number of anilines is 1. The molecule has 1 atom stereocenters. The van der Waals surface area contributed by atoms with Crippen LogP contribution < -0.4 is 10.1 Å². The monoisotopic (exact) mass is 209 g/mol. The lowest BCUT2D eigenvalue weighted by Crippen LogP contribution is -2.20. The molecule has 1 N–H and O–H groups in total. The molecule has 5 nitrogen and oxygen atoms in total. The van der Waals surface area contributed by atoms with Gasteiger partial charge in [-0.25, -0.2) is 9.97 Å². The molecule has 5 heteroatoms. The first-order valence-electron chi connectivity index (χ1n) is 4.84. The Hall–Kier alpha value is -1.65. The largest absolute Gasteiger partial charge is 0.480 e. The van der Waals surface area contributed by atoms with Gasteiger partial charge in [0.15, 0.2) is 5.82 Å². The highest BCUT2D eigenvalue weighted by molar-refractivity contribution is 5.91. The summed E-state index contributed by atoms with van der Waals surface area (Å²) >= 11 is 0. The van der Waals surface area contributed by atoms with Crippen molar-refractivity contribution in [2.45, 2.75) is 20.3 Å². The Morgan fingerprint density at radius 1 is 1.53 bits per heavy atom. The van der Waals surface area contributed by atoms with Crippen molar-refractivity contribution >= 4 is 11.7 Å². The van der Waals surface area contributed by atoms with Gasteiger partial charge in [0.1, 0.15) is 0 Å². The van der Waals surface area contributed by atoms with Crippen molar-refractivity contribution in [3.8, 4) is 5.88 Å².